The maximum atomic E-state index is 12.7. The van der Waals surface area contributed by atoms with Gasteiger partial charge in [-0.2, -0.15) is 0 Å². The van der Waals surface area contributed by atoms with Crippen LogP contribution in [-0.4, -0.2) is 154 Å². The van der Waals surface area contributed by atoms with Gasteiger partial charge in [0.15, 0.2) is 0 Å². The number of hydrogen-bond acceptors (Lipinski definition) is 23. The van der Waals surface area contributed by atoms with Crippen LogP contribution in [0.1, 0.15) is 101 Å². The number of nitrogens with two attached hydrogens (primary N) is 1. The fourth-order valence-electron chi connectivity index (χ4n) is 14.7. The number of rotatable bonds is 17. The van der Waals surface area contributed by atoms with Crippen molar-refractivity contribution in [1.82, 2.24) is 61.4 Å². The number of hydrogen-bond donors (Lipinski definition) is 9. The molecule has 128 heavy (non-hydrogen) atoms. The first-order valence-corrected chi connectivity index (χ1v) is 51.5. The van der Waals surface area contributed by atoms with Crippen LogP contribution >= 0.6 is 54.9 Å². The third-order valence-corrected chi connectivity index (χ3v) is 20.9. The molecule has 0 atom stereocenters. The monoisotopic (exact) mass is 1900 g/mol. The Morgan fingerprint density at radius 2 is 0.914 bits per heavy atom. The Bertz CT molecular complexity index is 5650. The number of nitrogens with zero attached hydrogens (tertiary/aromatic N) is 8. The van der Waals surface area contributed by atoms with Gasteiger partial charge in [0.2, 0.25) is 17.7 Å². The van der Waals surface area contributed by atoms with Crippen LogP contribution in [0.4, 0.5) is 22.7 Å². The molecule has 12 aromatic rings. The van der Waals surface area contributed by atoms with E-state index in [4.69, 9.17) is 26.1 Å². The molecule has 17 rings (SSSR count). The van der Waals surface area contributed by atoms with Gasteiger partial charge in [-0.15, -0.1) is 27.6 Å². The van der Waals surface area contributed by atoms with Crippen LogP contribution in [0.3, 0.4) is 0 Å². The highest BCUT2D eigenvalue weighted by Gasteiger charge is 2.24. The summed E-state index contributed by atoms with van der Waals surface area (Å²) in [7, 11) is 0. The Morgan fingerprint density at radius 3 is 1.37 bits per heavy atom. The average Bonchev–Trinajstić information content (AvgIpc) is 1.62. The zero-order valence-electron chi connectivity index (χ0n) is 73.4. The Balaban J connectivity index is 0.000000252. The van der Waals surface area contributed by atoms with Crippen molar-refractivity contribution < 1.29 is 46.7 Å². The summed E-state index contributed by atoms with van der Waals surface area (Å²) in [5, 5.41) is 18.1. The second-order valence-electron chi connectivity index (χ2n) is 31.1. The summed E-state index contributed by atoms with van der Waals surface area (Å²) in [4.78, 5) is 75.6. The van der Waals surface area contributed by atoms with Gasteiger partial charge in [-0.1, -0.05) is 186 Å². The first kappa shape index (κ1) is 101. The summed E-state index contributed by atoms with van der Waals surface area (Å²) < 4.78 is 25.0. The number of fused-ring (bicyclic) bond motifs is 7. The van der Waals surface area contributed by atoms with Gasteiger partial charge in [-0.3, -0.25) is 74.4 Å². The van der Waals surface area contributed by atoms with E-state index in [0.29, 0.717) is 55.5 Å². The predicted molar refractivity (Wildman–Crippen MR) is 523 cm³/mol. The molecule has 9 aromatic carbocycles. The fourth-order valence-corrected chi connectivity index (χ4v) is 14.8. The number of ether oxygens (including phenoxy) is 2. The van der Waals surface area contributed by atoms with Crippen LogP contribution < -0.4 is 38.1 Å². The van der Waals surface area contributed by atoms with Crippen molar-refractivity contribution in [2.75, 3.05) is 81.5 Å². The number of nitrogens with one attached hydrogen (secondary N) is 8. The number of carbonyl (C=O) groups is 5. The van der Waals surface area contributed by atoms with Crippen molar-refractivity contribution in [2.24, 2.45) is 5.84 Å². The van der Waals surface area contributed by atoms with E-state index in [0.717, 1.165) is 153 Å². The van der Waals surface area contributed by atoms with E-state index in [-0.39, 0.29) is 54.6 Å². The number of esters is 2. The van der Waals surface area contributed by atoms with Gasteiger partial charge in [-0.25, -0.2) is 16.9 Å². The molecule has 3 aromatic heterocycles. The van der Waals surface area contributed by atoms with Crippen LogP contribution in [0, 0.1) is 24.9 Å². The van der Waals surface area contributed by atoms with Crippen LogP contribution in [0.15, 0.2) is 235 Å². The summed E-state index contributed by atoms with van der Waals surface area (Å²) >= 11 is 16.7. The number of aryl methyl sites for hydroxylation is 2. The topological polar surface area (TPSA) is 344 Å². The SMILES string of the molecule is CCOC(=O)CBr.CCOC(=O)CN1CCc2ccccc2C1.Cc1cc(Nc2cccc(-c3nnc(CN4CCc5ccccc5C4)o3)c2)c2ccccc2n1.Cc1cc(Nc2cccc(C(=O)NNC(=O)CN3CCc4ccccc4C3)c2)c2ccccc2n1.N=N.NNC(=O)CN1CCc2ccccc2C1.O=P(Cl)(Cl)Cl.[2HH].[2HH].[CH3][Al]([CH3])[CH3].[HH].c1ccc2c(c1)CCNC2. The lowest BCUT2D eigenvalue weighted by Crippen LogP contribution is -2.47. The van der Waals surface area contributed by atoms with Gasteiger partial charge in [0.25, 0.3) is 26.0 Å². The van der Waals surface area contributed by atoms with Crippen molar-refractivity contribution in [1.29, 1.82) is 11.1 Å². The maximum Gasteiger partial charge on any atom is 0.339 e. The molecule has 0 saturated carbocycles. The van der Waals surface area contributed by atoms with Crippen molar-refractivity contribution in [3.05, 3.63) is 309 Å². The number of hydrazine groups is 2. The Hall–Kier alpha value is -10.6. The zero-order chi connectivity index (χ0) is 91.7. The van der Waals surface area contributed by atoms with E-state index in [9.17, 15) is 28.5 Å². The summed E-state index contributed by atoms with van der Waals surface area (Å²) in [6.45, 7) is 19.4. The Kier molecular flexibility index (Phi) is 42.2. The number of amides is 3. The van der Waals surface area contributed by atoms with E-state index in [1.807, 2.05) is 124 Å². The Labute approximate surface area is 781 Å². The summed E-state index contributed by atoms with van der Waals surface area (Å²) in [6.07, 6.45) is 5.19. The van der Waals surface area contributed by atoms with Gasteiger partial charge < -0.3 is 29.8 Å². The number of halogens is 4. The van der Waals surface area contributed by atoms with Crippen LogP contribution in [0.5, 0.6) is 0 Å². The van der Waals surface area contributed by atoms with E-state index in [2.05, 4.69) is 253 Å². The molecule has 0 radical (unpaired) electrons. The minimum Gasteiger partial charge on any atom is -0.465 e. The smallest absolute Gasteiger partial charge is 0.339 e. The summed E-state index contributed by atoms with van der Waals surface area (Å²) in [5.74, 6) is 12.1. The second-order valence-corrected chi connectivity index (χ2v) is 41.8. The second kappa shape index (κ2) is 53.4. The molecule has 0 spiro atoms. The first-order chi connectivity index (χ1) is 61.8. The summed E-state index contributed by atoms with van der Waals surface area (Å²) in [6, 6.07) is 77.7. The molecule has 10 N–H and O–H groups in total. The zero-order valence-corrected chi connectivity index (χ0v) is 79.3. The van der Waals surface area contributed by atoms with Crippen LogP contribution in [-0.2, 0) is 105 Å². The van der Waals surface area contributed by atoms with E-state index < -0.39 is 5.20 Å². The third-order valence-electron chi connectivity index (χ3n) is 20.4. The van der Waals surface area contributed by atoms with E-state index >= 15 is 0 Å². The minimum absolute atomic E-state index is 0. The lowest BCUT2D eigenvalue weighted by molar-refractivity contribution is -0.144. The van der Waals surface area contributed by atoms with Gasteiger partial charge in [-0.05, 0) is 216 Å². The highest BCUT2D eigenvalue weighted by atomic mass is 79.9. The fraction of sp³-hybridized carbons (Fsp3) is 0.302. The van der Waals surface area contributed by atoms with Gasteiger partial charge in [0.1, 0.15) is 5.33 Å². The molecule has 0 fully saturated rings. The molecule has 0 saturated heterocycles. The molecule has 8 heterocycles. The number of benzene rings is 9. The summed E-state index contributed by atoms with van der Waals surface area (Å²) in [5.41, 5.74) is 39.8. The minimum atomic E-state index is -3.22. The van der Waals surface area contributed by atoms with Crippen LogP contribution in [0.25, 0.3) is 33.3 Å². The highest BCUT2D eigenvalue weighted by Crippen LogP contribution is 2.61. The molecule has 0 bridgehead atoms. The van der Waals surface area contributed by atoms with Gasteiger partial charge >= 0.3 is 17.1 Å². The average molecular weight is 1900 g/mol. The molecule has 5 aliphatic rings. The van der Waals surface area contributed by atoms with E-state index in [1.54, 1.807) is 25.1 Å². The lowest BCUT2D eigenvalue weighted by atomic mass is 10.00. The Morgan fingerprint density at radius 1 is 0.516 bits per heavy atom. The van der Waals surface area contributed by atoms with E-state index in [1.165, 1.54) is 62.1 Å². The van der Waals surface area contributed by atoms with Crippen molar-refractivity contribution in [3.8, 4) is 11.5 Å². The molecule has 0 unspecified atom stereocenters. The first-order valence-electron chi connectivity index (χ1n) is 42.5. The molecule has 0 aliphatic carbocycles. The molecular formula is C96H119AlBrCl3N17O9P. The number of alkyl halides is 1. The molecule has 678 valence electrons. The van der Waals surface area contributed by atoms with Crippen LogP contribution in [0.2, 0.25) is 17.4 Å². The highest BCUT2D eigenvalue weighted by molar-refractivity contribution is 9.09. The number of aromatic nitrogens is 4. The predicted octanol–water partition coefficient (Wildman–Crippen LogP) is 19.4. The normalized spacial score (nSPS) is 13.5. The molecule has 32 heteroatoms. The van der Waals surface area contributed by atoms with Crippen molar-refractivity contribution >= 4 is 143 Å². The third kappa shape index (κ3) is 34.4. The van der Waals surface area contributed by atoms with Crippen molar-refractivity contribution in [2.45, 2.75) is 116 Å². The number of anilines is 4. The molecule has 5 aliphatic heterocycles. The molecule has 3 amide bonds. The largest absolute Gasteiger partial charge is 0.465 e. The standard InChI is InChI=1S/C28H27N5O2.C28H25N5O.C13H17NO2.C11H15N3O.C9H11N.C4H7BrO2.3CH3.Al.Cl3OP.H2N2.3H2/c1-19-15-26(24-11-4-5-12-25(24)29-19)30-23-10-6-9-21(16-23)28(35)32-31-27(34)18-33-14-13-20-7-2-3-8-22(20)17-33;1-19-15-26(24-11-4-5-12-25(24)29-19)30-23-10-6-9-21(16-23)28-32-31-27(34-28)18-33-14-13-20-7-2-3-8-22(20)17-33;1-2-16-13(15)10-14-8-7-11-5-3-4-6-12(11)9-14;12-13-11(15)8-14-6-5-9-3-1-2-4-10(9)7-14;1-2-4-9-7-10-6-5-8(9)3-1;1-2-7-4(6)3-5;;;;;1-5(2,3)4;1-2;;;/h2-12,15-16H,13-14,17-18H2,1H3,(H,29,30)(H,31,34)(H,32,35);2-12,15-16H,13-14,17-18H2,1H3,(H,29,30);3-6H,2,7-10H2,1H3;1-4H,5-8,12H2,(H,13,15);1-4,10H,5-7H2;2-3H2,1H3;3*1H3;;;1-2H;3*1H/i;;;;;;;;;;;;2*1+1;. The number of carbonyl (C=O) groups excluding carboxylic acids is 5. The van der Waals surface area contributed by atoms with Crippen molar-refractivity contribution in [3.63, 3.8) is 0 Å². The van der Waals surface area contributed by atoms with Gasteiger partial charge in [0.05, 0.1) is 50.4 Å². The van der Waals surface area contributed by atoms with Gasteiger partial charge in [0, 0.05) is 119 Å². The maximum absolute atomic E-state index is 12.7. The molecular weight excluding hydrogens is 1780 g/mol. The molecule has 26 nitrogen and oxygen atoms in total. The number of pyridine rings is 2. The lowest BCUT2D eigenvalue weighted by Gasteiger charge is -2.28. The number of para-hydroxylation sites is 2. The quantitative estimate of drug-likeness (QED) is 0.00597.